The van der Waals surface area contributed by atoms with E-state index in [1.54, 1.807) is 31.4 Å². The predicted molar refractivity (Wildman–Crippen MR) is 81.9 cm³/mol. The lowest BCUT2D eigenvalue weighted by Gasteiger charge is -2.09. The van der Waals surface area contributed by atoms with Gasteiger partial charge in [0.05, 0.1) is 0 Å². The van der Waals surface area contributed by atoms with E-state index >= 15 is 0 Å². The van der Waals surface area contributed by atoms with Gasteiger partial charge in [-0.1, -0.05) is 24.6 Å². The molecule has 0 aliphatic carbocycles. The van der Waals surface area contributed by atoms with Crippen LogP contribution in [0.5, 0.6) is 0 Å². The summed E-state index contributed by atoms with van der Waals surface area (Å²) in [4.78, 5) is 11.8. The third kappa shape index (κ3) is 5.17. The number of carbonyl (C=O) groups is 1. The second-order valence-electron chi connectivity index (χ2n) is 4.27. The third-order valence-electron chi connectivity index (χ3n) is 2.53. The van der Waals surface area contributed by atoms with Crippen LogP contribution in [0.15, 0.2) is 29.8 Å². The van der Waals surface area contributed by atoms with Crippen LogP contribution in [0.2, 0.25) is 5.02 Å². The Balaban J connectivity index is 2.88. The van der Waals surface area contributed by atoms with Crippen molar-refractivity contribution in [3.05, 3.63) is 40.4 Å². The molecule has 5 heteroatoms. The monoisotopic (exact) mass is 299 g/mol. The molecule has 0 aromatic heterocycles. The van der Waals surface area contributed by atoms with E-state index < -0.39 is 10.8 Å². The predicted octanol–water partition coefficient (Wildman–Crippen LogP) is 3.51. The largest absolute Gasteiger partial charge is 0.322 e. The summed E-state index contributed by atoms with van der Waals surface area (Å²) in [5.74, 6) is 0.250. The van der Waals surface area contributed by atoms with Gasteiger partial charge in [0.1, 0.15) is 0 Å². The first kappa shape index (κ1) is 15.9. The second-order valence-corrected chi connectivity index (χ2v) is 6.12. The quantitative estimate of drug-likeness (QED) is 0.846. The molecule has 0 fully saturated rings. The molecule has 3 nitrogen and oxygen atoms in total. The Labute approximate surface area is 121 Å². The van der Waals surface area contributed by atoms with E-state index in [2.05, 4.69) is 5.32 Å². The molecule has 0 saturated heterocycles. The Hall–Kier alpha value is -1.13. The molecule has 0 unspecified atom stereocenters. The Kier molecular flexibility index (Phi) is 6.25. The summed E-state index contributed by atoms with van der Waals surface area (Å²) >= 11 is 6.03. The first-order valence-corrected chi connectivity index (χ1v) is 8.11. The van der Waals surface area contributed by atoms with Gasteiger partial charge in [-0.05, 0) is 37.1 Å². The molecule has 1 rings (SSSR count). The number of hydrogen-bond acceptors (Lipinski definition) is 2. The highest BCUT2D eigenvalue weighted by Crippen LogP contribution is 2.22. The van der Waals surface area contributed by atoms with Crippen LogP contribution in [-0.2, 0) is 21.3 Å². The van der Waals surface area contributed by atoms with Crippen molar-refractivity contribution in [3.8, 4) is 0 Å². The van der Waals surface area contributed by atoms with Gasteiger partial charge in [-0.15, -0.1) is 0 Å². The van der Waals surface area contributed by atoms with Crippen LogP contribution in [0, 0.1) is 0 Å². The average Bonchev–Trinajstić information content (AvgIpc) is 2.33. The lowest BCUT2D eigenvalue weighted by molar-refractivity contribution is -0.112. The molecule has 1 aromatic rings. The van der Waals surface area contributed by atoms with Crippen LogP contribution >= 0.6 is 11.6 Å². The molecular formula is C14H18ClNO2S. The highest BCUT2D eigenvalue weighted by molar-refractivity contribution is 7.83. The van der Waals surface area contributed by atoms with Gasteiger partial charge in [0.15, 0.2) is 0 Å². The number of nitrogens with one attached hydrogen (secondary N) is 1. The van der Waals surface area contributed by atoms with E-state index in [0.717, 1.165) is 12.0 Å². The number of hydrogen-bond donors (Lipinski definition) is 1. The minimum atomic E-state index is -0.968. The zero-order chi connectivity index (χ0) is 14.4. The van der Waals surface area contributed by atoms with Crippen LogP contribution < -0.4 is 5.32 Å². The Morgan fingerprint density at radius 2 is 2.16 bits per heavy atom. The topological polar surface area (TPSA) is 46.2 Å². The fourth-order valence-corrected chi connectivity index (χ4v) is 2.55. The first-order chi connectivity index (χ1) is 8.93. The molecule has 1 N–H and O–H groups in total. The normalized spacial score (nSPS) is 13.2. The van der Waals surface area contributed by atoms with Crippen molar-refractivity contribution in [2.75, 3.05) is 11.6 Å². The van der Waals surface area contributed by atoms with Crippen molar-refractivity contribution in [2.24, 2.45) is 0 Å². The Morgan fingerprint density at radius 3 is 2.74 bits per heavy atom. The van der Waals surface area contributed by atoms with Crippen molar-refractivity contribution >= 4 is 34.0 Å². The summed E-state index contributed by atoms with van der Waals surface area (Å²) in [6, 6.07) is 5.21. The van der Waals surface area contributed by atoms with Crippen molar-refractivity contribution in [3.63, 3.8) is 0 Å². The second kappa shape index (κ2) is 7.46. The highest BCUT2D eigenvalue weighted by atomic mass is 35.5. The van der Waals surface area contributed by atoms with Crippen molar-refractivity contribution in [2.45, 2.75) is 26.0 Å². The number of carbonyl (C=O) groups excluding carboxylic acids is 1. The number of benzene rings is 1. The molecule has 0 aliphatic rings. The van der Waals surface area contributed by atoms with Gasteiger partial charge < -0.3 is 5.32 Å². The fourth-order valence-electron chi connectivity index (χ4n) is 1.61. The molecule has 0 heterocycles. The molecule has 19 heavy (non-hydrogen) atoms. The summed E-state index contributed by atoms with van der Waals surface area (Å²) in [7, 11) is -0.968. The molecular weight excluding hydrogens is 282 g/mol. The SMILES string of the molecule is CC/C=C(\C)C(=O)Nc1ccc(Cl)c(C[S@@](C)=O)c1. The third-order valence-corrected chi connectivity index (χ3v) is 3.62. The van der Waals surface area contributed by atoms with E-state index in [1.807, 2.05) is 13.0 Å². The molecule has 0 bridgehead atoms. The zero-order valence-corrected chi connectivity index (χ0v) is 12.9. The molecule has 0 saturated carbocycles. The van der Waals surface area contributed by atoms with Crippen LogP contribution in [0.1, 0.15) is 25.8 Å². The summed E-state index contributed by atoms with van der Waals surface area (Å²) in [6.45, 7) is 3.75. The van der Waals surface area contributed by atoms with Crippen LogP contribution in [0.25, 0.3) is 0 Å². The van der Waals surface area contributed by atoms with Gasteiger partial charge in [-0.25, -0.2) is 0 Å². The van der Waals surface area contributed by atoms with E-state index in [0.29, 0.717) is 22.0 Å². The fraction of sp³-hybridized carbons (Fsp3) is 0.357. The maximum atomic E-state index is 11.8. The summed E-state index contributed by atoms with van der Waals surface area (Å²) in [5, 5.41) is 3.37. The molecule has 1 atom stereocenters. The van der Waals surface area contributed by atoms with Gasteiger partial charge in [-0.2, -0.15) is 0 Å². The molecule has 0 radical (unpaired) electrons. The summed E-state index contributed by atoms with van der Waals surface area (Å²) in [6.07, 6.45) is 4.31. The molecule has 1 aromatic carbocycles. The van der Waals surface area contributed by atoms with Gasteiger partial charge in [-0.3, -0.25) is 9.00 Å². The number of amides is 1. The minimum absolute atomic E-state index is 0.132. The van der Waals surface area contributed by atoms with Crippen molar-refractivity contribution < 1.29 is 9.00 Å². The lowest BCUT2D eigenvalue weighted by atomic mass is 10.2. The van der Waals surface area contributed by atoms with Crippen LogP contribution in [-0.4, -0.2) is 16.4 Å². The van der Waals surface area contributed by atoms with Gasteiger partial charge in [0, 0.05) is 39.1 Å². The van der Waals surface area contributed by atoms with E-state index in [4.69, 9.17) is 11.6 Å². The first-order valence-electron chi connectivity index (χ1n) is 6.00. The smallest absolute Gasteiger partial charge is 0.250 e. The van der Waals surface area contributed by atoms with Gasteiger partial charge >= 0.3 is 0 Å². The van der Waals surface area contributed by atoms with Crippen molar-refractivity contribution in [1.29, 1.82) is 0 Å². The summed E-state index contributed by atoms with van der Waals surface area (Å²) < 4.78 is 11.2. The standard InChI is InChI=1S/C14H18ClNO2S/c1-4-5-10(2)14(17)16-12-6-7-13(15)11(8-12)9-19(3)18/h5-8H,4,9H2,1-3H3,(H,16,17)/b10-5+/t19-/m1/s1. The van der Waals surface area contributed by atoms with Gasteiger partial charge in [0.2, 0.25) is 0 Å². The number of halogens is 1. The highest BCUT2D eigenvalue weighted by Gasteiger charge is 2.08. The Bertz CT molecular complexity index is 526. The molecule has 0 spiro atoms. The number of rotatable bonds is 5. The number of allylic oxidation sites excluding steroid dienone is 1. The molecule has 1 amide bonds. The average molecular weight is 300 g/mol. The van der Waals surface area contributed by atoms with Crippen molar-refractivity contribution in [1.82, 2.24) is 0 Å². The lowest BCUT2D eigenvalue weighted by Crippen LogP contribution is -2.12. The van der Waals surface area contributed by atoms with Crippen LogP contribution in [0.4, 0.5) is 5.69 Å². The van der Waals surface area contributed by atoms with Gasteiger partial charge in [0.25, 0.3) is 5.91 Å². The van der Waals surface area contributed by atoms with E-state index in [9.17, 15) is 9.00 Å². The minimum Gasteiger partial charge on any atom is -0.322 e. The zero-order valence-electron chi connectivity index (χ0n) is 11.3. The molecule has 104 valence electrons. The van der Waals surface area contributed by atoms with E-state index in [-0.39, 0.29) is 5.91 Å². The van der Waals surface area contributed by atoms with E-state index in [1.165, 1.54) is 0 Å². The number of anilines is 1. The maximum Gasteiger partial charge on any atom is 0.250 e. The van der Waals surface area contributed by atoms with Crippen LogP contribution in [0.3, 0.4) is 0 Å². The summed E-state index contributed by atoms with van der Waals surface area (Å²) in [5.41, 5.74) is 2.12. The Morgan fingerprint density at radius 1 is 1.47 bits per heavy atom. The maximum absolute atomic E-state index is 11.8. The molecule has 0 aliphatic heterocycles.